The summed E-state index contributed by atoms with van der Waals surface area (Å²) in [6.07, 6.45) is 6.01. The fraction of sp³-hybridized carbons (Fsp3) is 0.700. The first-order valence-corrected chi connectivity index (χ1v) is 12.6. The highest BCUT2D eigenvalue weighted by Gasteiger charge is 2.20. The quantitative estimate of drug-likeness (QED) is 0.293. The number of rotatable bonds is 11. The Hall–Kier alpha value is -2.75. The van der Waals surface area contributed by atoms with Gasteiger partial charge in [0.15, 0.2) is 0 Å². The first kappa shape index (κ1) is 26.8. The maximum absolute atomic E-state index is 10.7. The molecule has 35 heavy (non-hydrogen) atoms. The van der Waals surface area contributed by atoms with E-state index in [1.165, 1.54) is 0 Å². The number of aryl methyl sites for hydroxylation is 1. The predicted octanol–water partition coefficient (Wildman–Crippen LogP) is 1.38. The van der Waals surface area contributed by atoms with Gasteiger partial charge in [-0.25, -0.2) is 13.5 Å². The topological polar surface area (TPSA) is 159 Å². The van der Waals surface area contributed by atoms with Crippen LogP contribution in [0.25, 0.3) is 0 Å². The van der Waals surface area contributed by atoms with E-state index in [1.807, 2.05) is 21.8 Å². The highest BCUT2D eigenvalue weighted by Crippen LogP contribution is 2.16. The summed E-state index contributed by atoms with van der Waals surface area (Å²) in [5.74, 6) is 0. The minimum atomic E-state index is -4.44. The number of aromatic nitrogens is 9. The van der Waals surface area contributed by atoms with Crippen LogP contribution in [0.2, 0.25) is 0 Å². The molecule has 3 heterocycles. The number of nitrogens with zero attached hydrogens (tertiary/aromatic N) is 10. The Kier molecular flexibility index (Phi) is 8.03. The Morgan fingerprint density at radius 2 is 1.29 bits per heavy atom. The van der Waals surface area contributed by atoms with Gasteiger partial charge in [-0.15, -0.1) is 15.3 Å². The van der Waals surface area contributed by atoms with Gasteiger partial charge < -0.3 is 0 Å². The molecular formula is C20H34N10O4S. The molecule has 0 atom stereocenters. The molecule has 0 amide bonds. The zero-order valence-corrected chi connectivity index (χ0v) is 21.8. The molecule has 15 heteroatoms. The van der Waals surface area contributed by atoms with Crippen molar-refractivity contribution in [3.63, 3.8) is 0 Å². The van der Waals surface area contributed by atoms with Crippen LogP contribution in [-0.4, -0.2) is 69.5 Å². The van der Waals surface area contributed by atoms with Gasteiger partial charge in [0, 0.05) is 32.4 Å². The lowest BCUT2D eigenvalue weighted by atomic mass is 10.1. The van der Waals surface area contributed by atoms with Crippen LogP contribution in [0.5, 0.6) is 0 Å². The summed E-state index contributed by atoms with van der Waals surface area (Å²) in [4.78, 5) is 2.13. The van der Waals surface area contributed by atoms with Gasteiger partial charge in [0.2, 0.25) is 0 Å². The van der Waals surface area contributed by atoms with Crippen molar-refractivity contribution >= 4 is 10.4 Å². The third-order valence-corrected chi connectivity index (χ3v) is 5.43. The van der Waals surface area contributed by atoms with E-state index in [0.717, 1.165) is 17.1 Å². The van der Waals surface area contributed by atoms with E-state index >= 15 is 0 Å². The molecule has 3 rings (SSSR count). The molecular weight excluding hydrogens is 476 g/mol. The molecule has 0 unspecified atom stereocenters. The van der Waals surface area contributed by atoms with E-state index in [2.05, 4.69) is 81.6 Å². The smallest absolute Gasteiger partial charge is 0.285 e. The third kappa shape index (κ3) is 8.45. The SMILES string of the molecule is CC(C)(C)n1cc(CN(Cc2cn(CCCOS(=O)(=O)O)nn2)Cc2cn(C(C)(C)C)nn2)nn1. The van der Waals surface area contributed by atoms with Crippen LogP contribution in [0.15, 0.2) is 18.6 Å². The van der Waals surface area contributed by atoms with Gasteiger partial charge >= 0.3 is 10.4 Å². The molecule has 194 valence electrons. The second-order valence-electron chi connectivity index (χ2n) is 10.4. The summed E-state index contributed by atoms with van der Waals surface area (Å²) in [6.45, 7) is 14.1. The van der Waals surface area contributed by atoms with Gasteiger partial charge in [0.25, 0.3) is 0 Å². The molecule has 0 aromatic carbocycles. The maximum Gasteiger partial charge on any atom is 0.397 e. The van der Waals surface area contributed by atoms with Crippen molar-refractivity contribution in [2.45, 2.75) is 85.2 Å². The highest BCUT2D eigenvalue weighted by molar-refractivity contribution is 7.80. The third-order valence-electron chi connectivity index (χ3n) is 4.96. The van der Waals surface area contributed by atoms with Crippen molar-refractivity contribution in [3.8, 4) is 0 Å². The highest BCUT2D eigenvalue weighted by atomic mass is 32.3. The van der Waals surface area contributed by atoms with Crippen LogP contribution in [0.3, 0.4) is 0 Å². The van der Waals surface area contributed by atoms with Gasteiger partial charge in [0.1, 0.15) is 0 Å². The van der Waals surface area contributed by atoms with Gasteiger partial charge in [-0.2, -0.15) is 8.42 Å². The van der Waals surface area contributed by atoms with Crippen LogP contribution < -0.4 is 0 Å². The zero-order valence-electron chi connectivity index (χ0n) is 21.0. The Morgan fingerprint density at radius 1 is 0.829 bits per heavy atom. The minimum absolute atomic E-state index is 0.146. The van der Waals surface area contributed by atoms with E-state index in [9.17, 15) is 8.42 Å². The van der Waals surface area contributed by atoms with Crippen molar-refractivity contribution in [3.05, 3.63) is 35.7 Å². The monoisotopic (exact) mass is 510 g/mol. The van der Waals surface area contributed by atoms with Gasteiger partial charge in [-0.1, -0.05) is 15.6 Å². The summed E-state index contributed by atoms with van der Waals surface area (Å²) in [7, 11) is -4.44. The largest absolute Gasteiger partial charge is 0.397 e. The normalized spacial score (nSPS) is 13.1. The molecule has 0 aliphatic rings. The fourth-order valence-corrected chi connectivity index (χ4v) is 3.49. The molecule has 0 aliphatic heterocycles. The van der Waals surface area contributed by atoms with E-state index in [-0.39, 0.29) is 17.7 Å². The first-order chi connectivity index (χ1) is 16.2. The molecule has 0 saturated heterocycles. The van der Waals surface area contributed by atoms with Gasteiger partial charge in [-0.05, 0) is 48.0 Å². The number of hydrogen-bond acceptors (Lipinski definition) is 10. The lowest BCUT2D eigenvalue weighted by Gasteiger charge is -2.20. The molecule has 0 aliphatic carbocycles. The molecule has 3 aromatic rings. The van der Waals surface area contributed by atoms with E-state index in [0.29, 0.717) is 32.6 Å². The Bertz CT molecular complexity index is 1150. The summed E-state index contributed by atoms with van der Waals surface area (Å²) in [5, 5.41) is 25.5. The van der Waals surface area contributed by atoms with Crippen molar-refractivity contribution in [2.24, 2.45) is 0 Å². The van der Waals surface area contributed by atoms with Crippen LogP contribution in [0.4, 0.5) is 0 Å². The second kappa shape index (κ2) is 10.5. The molecule has 0 radical (unpaired) electrons. The van der Waals surface area contributed by atoms with Crippen LogP contribution in [0, 0.1) is 0 Å². The zero-order chi connectivity index (χ0) is 25.9. The molecule has 0 saturated carbocycles. The first-order valence-electron chi connectivity index (χ1n) is 11.3. The van der Waals surface area contributed by atoms with Crippen LogP contribution >= 0.6 is 0 Å². The molecule has 0 bridgehead atoms. The number of hydrogen-bond donors (Lipinski definition) is 1. The van der Waals surface area contributed by atoms with Crippen molar-refractivity contribution in [2.75, 3.05) is 6.61 Å². The van der Waals surface area contributed by atoms with E-state index in [1.54, 1.807) is 10.9 Å². The summed E-state index contributed by atoms with van der Waals surface area (Å²) < 4.78 is 39.6. The molecule has 3 aromatic heterocycles. The lowest BCUT2D eigenvalue weighted by Crippen LogP contribution is -2.24. The van der Waals surface area contributed by atoms with Gasteiger partial charge in [-0.3, -0.25) is 14.1 Å². The summed E-state index contributed by atoms with van der Waals surface area (Å²) >= 11 is 0. The van der Waals surface area contributed by atoms with Crippen molar-refractivity contribution < 1.29 is 17.2 Å². The Balaban J connectivity index is 1.70. The maximum atomic E-state index is 10.7. The second-order valence-corrected chi connectivity index (χ2v) is 11.5. The van der Waals surface area contributed by atoms with Gasteiger partial charge in [0.05, 0.1) is 47.2 Å². The van der Waals surface area contributed by atoms with Crippen molar-refractivity contribution in [1.82, 2.24) is 49.9 Å². The Labute approximate surface area is 205 Å². The molecule has 14 nitrogen and oxygen atoms in total. The van der Waals surface area contributed by atoms with Crippen LogP contribution in [0.1, 0.15) is 65.0 Å². The lowest BCUT2D eigenvalue weighted by molar-refractivity contribution is 0.238. The standard InChI is InChI=1S/C20H34N10O4S/c1-19(2,3)29-14-17(22-25-29)11-27(12-18-15-30(26-23-18)20(4,5)6)10-16-13-28(24-21-16)8-7-9-34-35(31,32)33/h13-15H,7-12H2,1-6H3,(H,31,32,33). The van der Waals surface area contributed by atoms with E-state index < -0.39 is 10.4 Å². The van der Waals surface area contributed by atoms with E-state index in [4.69, 9.17) is 4.55 Å². The van der Waals surface area contributed by atoms with Crippen LogP contribution in [-0.2, 0) is 51.8 Å². The predicted molar refractivity (Wildman–Crippen MR) is 125 cm³/mol. The summed E-state index contributed by atoms with van der Waals surface area (Å²) in [5.41, 5.74) is 2.02. The minimum Gasteiger partial charge on any atom is -0.285 e. The summed E-state index contributed by atoms with van der Waals surface area (Å²) in [6, 6.07) is 0. The molecule has 0 fully saturated rings. The average Bonchev–Trinajstić information content (AvgIpc) is 3.45. The fourth-order valence-electron chi connectivity index (χ4n) is 3.16. The molecule has 1 N–H and O–H groups in total. The van der Waals surface area contributed by atoms with Crippen molar-refractivity contribution in [1.29, 1.82) is 0 Å². The molecule has 0 spiro atoms. The Morgan fingerprint density at radius 3 is 1.71 bits per heavy atom. The average molecular weight is 511 g/mol.